The molecule has 0 spiro atoms. The van der Waals surface area contributed by atoms with Crippen molar-refractivity contribution >= 4 is 11.7 Å². The van der Waals surface area contributed by atoms with E-state index in [-0.39, 0.29) is 11.9 Å². The summed E-state index contributed by atoms with van der Waals surface area (Å²) in [7, 11) is 0. The minimum absolute atomic E-state index is 0.0214. The highest BCUT2D eigenvalue weighted by Gasteiger charge is 2.41. The Hall–Kier alpha value is -1.62. The zero-order valence-electron chi connectivity index (χ0n) is 11.9. The Labute approximate surface area is 119 Å². The number of nitrogens with two attached hydrogens (primary N) is 1. The molecule has 1 amide bonds. The SMILES string of the molecule is CC(=O)NCc1ccc(N2C[C@@H](N)[C@H](C3CC3)C2)nc1. The Morgan fingerprint density at radius 1 is 1.45 bits per heavy atom. The van der Waals surface area contributed by atoms with Gasteiger partial charge in [-0.2, -0.15) is 0 Å². The quantitative estimate of drug-likeness (QED) is 0.855. The number of carbonyl (C=O) groups is 1. The summed E-state index contributed by atoms with van der Waals surface area (Å²) in [6.45, 7) is 3.99. The van der Waals surface area contributed by atoms with Crippen LogP contribution in [0.25, 0.3) is 0 Å². The fraction of sp³-hybridized carbons (Fsp3) is 0.600. The number of rotatable bonds is 4. The smallest absolute Gasteiger partial charge is 0.217 e. The molecule has 1 aromatic heterocycles. The molecule has 1 aromatic rings. The van der Waals surface area contributed by atoms with E-state index >= 15 is 0 Å². The minimum Gasteiger partial charge on any atom is -0.355 e. The van der Waals surface area contributed by atoms with Crippen LogP contribution in [0, 0.1) is 11.8 Å². The van der Waals surface area contributed by atoms with Gasteiger partial charge in [-0.15, -0.1) is 0 Å². The van der Waals surface area contributed by atoms with Gasteiger partial charge in [-0.25, -0.2) is 4.98 Å². The predicted octanol–water partition coefficient (Wildman–Crippen LogP) is 0.891. The third-order valence-corrected chi connectivity index (χ3v) is 4.31. The van der Waals surface area contributed by atoms with Crippen LogP contribution in [0.4, 0.5) is 5.82 Å². The Morgan fingerprint density at radius 2 is 2.25 bits per heavy atom. The van der Waals surface area contributed by atoms with E-state index in [1.165, 1.54) is 19.8 Å². The summed E-state index contributed by atoms with van der Waals surface area (Å²) in [6, 6.07) is 4.33. The lowest BCUT2D eigenvalue weighted by molar-refractivity contribution is -0.119. The second-order valence-corrected chi connectivity index (χ2v) is 6.00. The maximum absolute atomic E-state index is 10.9. The maximum atomic E-state index is 10.9. The lowest BCUT2D eigenvalue weighted by Gasteiger charge is -2.17. The molecular weight excluding hydrogens is 252 g/mol. The monoisotopic (exact) mass is 274 g/mol. The van der Waals surface area contributed by atoms with Crippen LogP contribution >= 0.6 is 0 Å². The molecule has 1 aliphatic heterocycles. The van der Waals surface area contributed by atoms with E-state index in [0.717, 1.165) is 30.4 Å². The van der Waals surface area contributed by atoms with Crippen LogP contribution in [0.2, 0.25) is 0 Å². The van der Waals surface area contributed by atoms with Gasteiger partial charge in [0, 0.05) is 38.8 Å². The second-order valence-electron chi connectivity index (χ2n) is 6.00. The van der Waals surface area contributed by atoms with E-state index in [0.29, 0.717) is 12.5 Å². The van der Waals surface area contributed by atoms with Crippen LogP contribution in [0.5, 0.6) is 0 Å². The molecule has 108 valence electrons. The average molecular weight is 274 g/mol. The highest BCUT2D eigenvalue weighted by molar-refractivity contribution is 5.72. The first-order chi connectivity index (χ1) is 9.63. The molecule has 1 saturated heterocycles. The summed E-state index contributed by atoms with van der Waals surface area (Å²) >= 11 is 0. The van der Waals surface area contributed by atoms with Crippen molar-refractivity contribution in [3.05, 3.63) is 23.9 Å². The van der Waals surface area contributed by atoms with E-state index in [9.17, 15) is 4.79 Å². The number of pyridine rings is 1. The van der Waals surface area contributed by atoms with E-state index in [1.807, 2.05) is 18.3 Å². The first-order valence-electron chi connectivity index (χ1n) is 7.33. The molecule has 5 heteroatoms. The first-order valence-corrected chi connectivity index (χ1v) is 7.33. The van der Waals surface area contributed by atoms with Gasteiger partial charge in [-0.1, -0.05) is 6.07 Å². The molecule has 2 atom stereocenters. The number of nitrogens with zero attached hydrogens (tertiary/aromatic N) is 2. The van der Waals surface area contributed by atoms with Crippen molar-refractivity contribution in [3.8, 4) is 0 Å². The molecule has 3 rings (SSSR count). The van der Waals surface area contributed by atoms with Gasteiger partial charge in [-0.3, -0.25) is 4.79 Å². The second kappa shape index (κ2) is 5.40. The Morgan fingerprint density at radius 3 is 2.85 bits per heavy atom. The summed E-state index contributed by atoms with van der Waals surface area (Å²) in [6.07, 6.45) is 4.52. The third kappa shape index (κ3) is 2.93. The molecule has 0 unspecified atom stereocenters. The molecule has 0 aromatic carbocycles. The lowest BCUT2D eigenvalue weighted by Crippen LogP contribution is -2.30. The summed E-state index contributed by atoms with van der Waals surface area (Å²) in [4.78, 5) is 17.7. The van der Waals surface area contributed by atoms with Gasteiger partial charge in [0.05, 0.1) is 0 Å². The molecule has 2 heterocycles. The lowest BCUT2D eigenvalue weighted by atomic mass is 9.99. The highest BCUT2D eigenvalue weighted by Crippen LogP contribution is 2.41. The molecule has 3 N–H and O–H groups in total. The molecule has 1 saturated carbocycles. The van der Waals surface area contributed by atoms with E-state index < -0.39 is 0 Å². The summed E-state index contributed by atoms with van der Waals surface area (Å²) < 4.78 is 0. The van der Waals surface area contributed by atoms with Gasteiger partial charge in [0.15, 0.2) is 0 Å². The number of amides is 1. The molecule has 20 heavy (non-hydrogen) atoms. The van der Waals surface area contributed by atoms with E-state index in [2.05, 4.69) is 15.2 Å². The number of aromatic nitrogens is 1. The third-order valence-electron chi connectivity index (χ3n) is 4.31. The minimum atomic E-state index is -0.0214. The molecule has 2 fully saturated rings. The molecule has 1 aliphatic carbocycles. The van der Waals surface area contributed by atoms with Crippen LogP contribution in [-0.2, 0) is 11.3 Å². The maximum Gasteiger partial charge on any atom is 0.217 e. The number of hydrogen-bond donors (Lipinski definition) is 2. The van der Waals surface area contributed by atoms with Crippen molar-refractivity contribution in [1.82, 2.24) is 10.3 Å². The van der Waals surface area contributed by atoms with Crippen molar-refractivity contribution in [3.63, 3.8) is 0 Å². The van der Waals surface area contributed by atoms with Crippen LogP contribution in [0.15, 0.2) is 18.3 Å². The largest absolute Gasteiger partial charge is 0.355 e. The molecule has 2 aliphatic rings. The standard InChI is InChI=1S/C15H22N4O/c1-10(20)17-6-11-2-5-15(18-7-11)19-8-13(12-3-4-12)14(16)9-19/h2,5,7,12-14H,3-4,6,8-9,16H2,1H3,(H,17,20)/t13-,14+/m0/s1. The van der Waals surface area contributed by atoms with Gasteiger partial charge >= 0.3 is 0 Å². The number of hydrogen-bond acceptors (Lipinski definition) is 4. The van der Waals surface area contributed by atoms with Gasteiger partial charge in [0.2, 0.25) is 5.91 Å². The van der Waals surface area contributed by atoms with E-state index in [1.54, 1.807) is 0 Å². The zero-order valence-corrected chi connectivity index (χ0v) is 11.9. The van der Waals surface area contributed by atoms with Crippen molar-refractivity contribution in [2.75, 3.05) is 18.0 Å². The van der Waals surface area contributed by atoms with Crippen molar-refractivity contribution < 1.29 is 4.79 Å². The Bertz CT molecular complexity index is 483. The predicted molar refractivity (Wildman–Crippen MR) is 78.2 cm³/mol. The Balaban J connectivity index is 1.61. The average Bonchev–Trinajstić information content (AvgIpc) is 3.20. The van der Waals surface area contributed by atoms with Crippen LogP contribution in [0.1, 0.15) is 25.3 Å². The molecule has 0 bridgehead atoms. The zero-order chi connectivity index (χ0) is 14.1. The highest BCUT2D eigenvalue weighted by atomic mass is 16.1. The first kappa shape index (κ1) is 13.4. The van der Waals surface area contributed by atoms with Crippen LogP contribution in [-0.4, -0.2) is 30.0 Å². The Kier molecular flexibility index (Phi) is 3.61. The van der Waals surface area contributed by atoms with Crippen LogP contribution in [0.3, 0.4) is 0 Å². The van der Waals surface area contributed by atoms with Gasteiger partial charge in [0.1, 0.15) is 5.82 Å². The fourth-order valence-corrected chi connectivity index (χ4v) is 3.00. The topological polar surface area (TPSA) is 71.2 Å². The van der Waals surface area contributed by atoms with Gasteiger partial charge in [-0.05, 0) is 36.3 Å². The number of anilines is 1. The van der Waals surface area contributed by atoms with Crippen molar-refractivity contribution in [2.45, 2.75) is 32.4 Å². The van der Waals surface area contributed by atoms with Gasteiger partial charge in [0.25, 0.3) is 0 Å². The number of carbonyl (C=O) groups excluding carboxylic acids is 1. The summed E-state index contributed by atoms with van der Waals surface area (Å²) in [5.41, 5.74) is 7.26. The fourth-order valence-electron chi connectivity index (χ4n) is 3.00. The number of nitrogens with one attached hydrogen (secondary N) is 1. The van der Waals surface area contributed by atoms with Crippen LogP contribution < -0.4 is 16.0 Å². The van der Waals surface area contributed by atoms with Crippen molar-refractivity contribution in [2.24, 2.45) is 17.6 Å². The molecular formula is C15H22N4O. The summed E-state index contributed by atoms with van der Waals surface area (Å²) in [5.74, 6) is 2.45. The molecule has 5 nitrogen and oxygen atoms in total. The van der Waals surface area contributed by atoms with Gasteiger partial charge < -0.3 is 16.0 Å². The summed E-state index contributed by atoms with van der Waals surface area (Å²) in [5, 5.41) is 2.78. The van der Waals surface area contributed by atoms with E-state index in [4.69, 9.17) is 5.73 Å². The normalized spacial score (nSPS) is 25.8. The van der Waals surface area contributed by atoms with Crippen molar-refractivity contribution in [1.29, 1.82) is 0 Å². The molecule has 0 radical (unpaired) electrons.